The molecule has 1 amide bonds. The van der Waals surface area contributed by atoms with Crippen molar-refractivity contribution in [2.24, 2.45) is 11.8 Å². The molecule has 180 valence electrons. The van der Waals surface area contributed by atoms with Gasteiger partial charge in [-0.3, -0.25) is 4.79 Å². The third-order valence-electron chi connectivity index (χ3n) is 5.14. The highest BCUT2D eigenvalue weighted by Gasteiger charge is 2.24. The summed E-state index contributed by atoms with van der Waals surface area (Å²) in [6, 6.07) is 4.73. The molecule has 0 saturated carbocycles. The van der Waals surface area contributed by atoms with Crippen molar-refractivity contribution in [3.8, 4) is 0 Å². The predicted molar refractivity (Wildman–Crippen MR) is 132 cm³/mol. The molecule has 1 aliphatic rings. The normalized spacial score (nSPS) is 18.3. The van der Waals surface area contributed by atoms with Crippen LogP contribution in [0.2, 0.25) is 0 Å². The molecule has 1 fully saturated rings. The first-order valence-electron chi connectivity index (χ1n) is 11.4. The number of carbonyl (C=O) groups excluding carboxylic acids is 1. The molecule has 3 N–H and O–H groups in total. The van der Waals surface area contributed by atoms with Crippen LogP contribution >= 0.6 is 0 Å². The average Bonchev–Trinajstić information content (AvgIpc) is 2.67. The summed E-state index contributed by atoms with van der Waals surface area (Å²) in [7, 11) is -1.68. The van der Waals surface area contributed by atoms with Crippen LogP contribution in [0.1, 0.15) is 57.8 Å². The molecule has 32 heavy (non-hydrogen) atoms. The van der Waals surface area contributed by atoms with Crippen molar-refractivity contribution in [2.45, 2.75) is 57.9 Å². The quantitative estimate of drug-likeness (QED) is 0.487. The molecule has 1 unspecified atom stereocenters. The largest absolute Gasteiger partial charge is 0.382 e. The summed E-state index contributed by atoms with van der Waals surface area (Å²) < 4.78 is 28.6. The van der Waals surface area contributed by atoms with E-state index in [1.807, 2.05) is 6.08 Å². The predicted octanol–water partition coefficient (Wildman–Crippen LogP) is 3.46. The van der Waals surface area contributed by atoms with E-state index in [-0.39, 0.29) is 10.8 Å². The minimum absolute atomic E-state index is 0.0767. The number of piperidine rings is 1. The second-order valence-electron chi connectivity index (χ2n) is 10.1. The van der Waals surface area contributed by atoms with E-state index in [0.717, 1.165) is 25.9 Å². The number of nitrogens with one attached hydrogen (secondary N) is 3. The van der Waals surface area contributed by atoms with Gasteiger partial charge in [-0.25, -0.2) is 13.1 Å². The van der Waals surface area contributed by atoms with Crippen molar-refractivity contribution >= 4 is 21.6 Å². The maximum absolute atomic E-state index is 12.9. The number of carbonyl (C=O) groups is 1. The second-order valence-corrected chi connectivity index (χ2v) is 11.8. The van der Waals surface area contributed by atoms with Crippen LogP contribution in [0.4, 0.5) is 5.69 Å². The Hall–Kier alpha value is -1.90. The van der Waals surface area contributed by atoms with Gasteiger partial charge in [-0.15, -0.1) is 0 Å². The highest BCUT2D eigenvalue weighted by atomic mass is 32.2. The fourth-order valence-corrected chi connectivity index (χ4v) is 5.23. The molecule has 1 atom stereocenters. The molecule has 1 aliphatic heterocycles. The van der Waals surface area contributed by atoms with E-state index in [2.05, 4.69) is 47.2 Å². The molecule has 1 heterocycles. The lowest BCUT2D eigenvalue weighted by Crippen LogP contribution is -2.40. The highest BCUT2D eigenvalue weighted by molar-refractivity contribution is 7.89. The van der Waals surface area contributed by atoms with Crippen LogP contribution in [0.25, 0.3) is 0 Å². The van der Waals surface area contributed by atoms with Gasteiger partial charge in [-0.05, 0) is 77.2 Å². The first kappa shape index (κ1) is 26.4. The number of nitrogens with zero attached hydrogens (tertiary/aromatic N) is 1. The molecule has 1 saturated heterocycles. The molecule has 0 spiro atoms. The van der Waals surface area contributed by atoms with E-state index >= 15 is 0 Å². The molecule has 0 bridgehead atoms. The Morgan fingerprint density at radius 1 is 1.25 bits per heavy atom. The minimum Gasteiger partial charge on any atom is -0.382 e. The highest BCUT2D eigenvalue weighted by Crippen LogP contribution is 2.21. The number of likely N-dealkylation sites (tertiary alicyclic amines) is 1. The summed E-state index contributed by atoms with van der Waals surface area (Å²) in [4.78, 5) is 15.3. The molecule has 7 nitrogen and oxygen atoms in total. The molecule has 1 aromatic carbocycles. The van der Waals surface area contributed by atoms with Crippen LogP contribution in [-0.2, 0) is 10.0 Å². The molecular formula is C24H40N4O3S. The van der Waals surface area contributed by atoms with Gasteiger partial charge >= 0.3 is 0 Å². The van der Waals surface area contributed by atoms with Crippen LogP contribution in [0, 0.1) is 11.8 Å². The van der Waals surface area contributed by atoms with Crippen molar-refractivity contribution in [2.75, 3.05) is 38.5 Å². The number of hydrogen-bond donors (Lipinski definition) is 3. The number of sulfonamides is 1. The van der Waals surface area contributed by atoms with Crippen LogP contribution in [0.15, 0.2) is 35.2 Å². The van der Waals surface area contributed by atoms with Gasteiger partial charge in [0, 0.05) is 36.4 Å². The summed E-state index contributed by atoms with van der Waals surface area (Å²) in [6.07, 6.45) is 6.28. The third kappa shape index (κ3) is 8.92. The van der Waals surface area contributed by atoms with E-state index < -0.39 is 15.6 Å². The van der Waals surface area contributed by atoms with Gasteiger partial charge in [0.2, 0.25) is 10.0 Å². The monoisotopic (exact) mass is 464 g/mol. The zero-order valence-corrected chi connectivity index (χ0v) is 21.2. The molecule has 0 radical (unpaired) electrons. The standard InChI is InChI=1S/C24H40N4O3S/c1-18(2)9-7-11-25-21-13-20(14-22(15-21)32(30,31)27-24(3,4)5)23(29)26-16-19-10-8-12-28(6)17-19/h7,9,13-15,18-19,25,27H,8,10-12,16-17H2,1-6H3,(H,26,29)/b9-7+. The van der Waals surface area contributed by atoms with Crippen molar-refractivity contribution in [3.63, 3.8) is 0 Å². The summed E-state index contributed by atoms with van der Waals surface area (Å²) in [5.74, 6) is 0.581. The lowest BCUT2D eigenvalue weighted by Gasteiger charge is -2.29. The van der Waals surface area contributed by atoms with E-state index in [9.17, 15) is 13.2 Å². The number of anilines is 1. The number of rotatable bonds is 9. The zero-order chi connectivity index (χ0) is 23.9. The number of allylic oxidation sites excluding steroid dienone is 1. The van der Waals surface area contributed by atoms with E-state index in [4.69, 9.17) is 0 Å². The second kappa shape index (κ2) is 11.3. The van der Waals surface area contributed by atoms with Crippen molar-refractivity contribution in [1.82, 2.24) is 14.9 Å². The van der Waals surface area contributed by atoms with Crippen molar-refractivity contribution in [3.05, 3.63) is 35.9 Å². The van der Waals surface area contributed by atoms with E-state index in [1.54, 1.807) is 32.9 Å². The lowest BCUT2D eigenvalue weighted by atomic mass is 9.98. The van der Waals surface area contributed by atoms with Gasteiger partial charge in [-0.1, -0.05) is 26.0 Å². The van der Waals surface area contributed by atoms with Crippen molar-refractivity contribution in [1.29, 1.82) is 0 Å². The van der Waals surface area contributed by atoms with E-state index in [0.29, 0.717) is 36.2 Å². The summed E-state index contributed by atoms with van der Waals surface area (Å²) >= 11 is 0. The fraction of sp³-hybridized carbons (Fsp3) is 0.625. The van der Waals surface area contributed by atoms with Crippen LogP contribution in [0.5, 0.6) is 0 Å². The van der Waals surface area contributed by atoms with Gasteiger partial charge < -0.3 is 15.5 Å². The topological polar surface area (TPSA) is 90.5 Å². The van der Waals surface area contributed by atoms with Crippen LogP contribution in [0.3, 0.4) is 0 Å². The first-order chi connectivity index (χ1) is 14.9. The Morgan fingerprint density at radius 3 is 2.59 bits per heavy atom. The van der Waals surface area contributed by atoms with Crippen molar-refractivity contribution < 1.29 is 13.2 Å². The van der Waals surface area contributed by atoms with Gasteiger partial charge in [0.25, 0.3) is 5.91 Å². The first-order valence-corrected chi connectivity index (χ1v) is 12.9. The number of hydrogen-bond acceptors (Lipinski definition) is 5. The average molecular weight is 465 g/mol. The Kier molecular flexibility index (Phi) is 9.30. The van der Waals surface area contributed by atoms with Crippen LogP contribution in [-0.4, -0.2) is 58.0 Å². The van der Waals surface area contributed by atoms with Gasteiger partial charge in [-0.2, -0.15) is 0 Å². The number of benzene rings is 1. The Balaban J connectivity index is 2.23. The van der Waals surface area contributed by atoms with Crippen LogP contribution < -0.4 is 15.4 Å². The maximum Gasteiger partial charge on any atom is 0.251 e. The molecular weight excluding hydrogens is 424 g/mol. The maximum atomic E-state index is 12.9. The molecule has 0 aromatic heterocycles. The minimum atomic E-state index is -3.78. The third-order valence-corrected chi connectivity index (χ3v) is 6.88. The lowest BCUT2D eigenvalue weighted by molar-refractivity contribution is 0.0936. The molecule has 1 aromatic rings. The van der Waals surface area contributed by atoms with Gasteiger partial charge in [0.15, 0.2) is 0 Å². The smallest absolute Gasteiger partial charge is 0.251 e. The summed E-state index contributed by atoms with van der Waals surface area (Å²) in [5, 5.41) is 6.22. The fourth-order valence-electron chi connectivity index (χ4n) is 3.75. The Morgan fingerprint density at radius 2 is 1.97 bits per heavy atom. The van der Waals surface area contributed by atoms with Gasteiger partial charge in [0.05, 0.1) is 4.90 Å². The SMILES string of the molecule is CC(C)/C=C/CNc1cc(C(=O)NCC2CCCN(C)C2)cc(S(=O)(=O)NC(C)(C)C)c1. The number of amides is 1. The Labute approximate surface area is 194 Å². The summed E-state index contributed by atoms with van der Waals surface area (Å²) in [5.41, 5.74) is 0.302. The van der Waals surface area contributed by atoms with E-state index in [1.165, 1.54) is 6.07 Å². The van der Waals surface area contributed by atoms with Gasteiger partial charge in [0.1, 0.15) is 0 Å². The Bertz CT molecular complexity index is 904. The molecule has 2 rings (SSSR count). The zero-order valence-electron chi connectivity index (χ0n) is 20.4. The molecule has 0 aliphatic carbocycles. The molecule has 8 heteroatoms. The summed E-state index contributed by atoms with van der Waals surface area (Å²) in [6.45, 7) is 12.7.